The van der Waals surface area contributed by atoms with Crippen molar-refractivity contribution in [2.24, 2.45) is 0 Å². The lowest BCUT2D eigenvalue weighted by Gasteiger charge is -1.93. The average Bonchev–Trinajstić information content (AvgIpc) is 2.33. The van der Waals surface area contributed by atoms with Crippen LogP contribution in [0, 0.1) is 6.07 Å². The summed E-state index contributed by atoms with van der Waals surface area (Å²) in [4.78, 5) is 3.10. The van der Waals surface area contributed by atoms with Crippen LogP contribution in [0.5, 0.6) is 0 Å². The van der Waals surface area contributed by atoms with Crippen LogP contribution >= 0.6 is 0 Å². The SMILES string of the molecule is [c]1cc[nH]c2cccc1-2. The van der Waals surface area contributed by atoms with Crippen LogP contribution in [0.25, 0.3) is 11.3 Å². The molecule has 1 aliphatic heterocycles. The van der Waals surface area contributed by atoms with Crippen LogP contribution in [0.4, 0.5) is 0 Å². The van der Waals surface area contributed by atoms with E-state index >= 15 is 0 Å². The van der Waals surface area contributed by atoms with Crippen molar-refractivity contribution in [3.63, 3.8) is 0 Å². The third-order valence-corrected chi connectivity index (χ3v) is 1.38. The van der Waals surface area contributed by atoms with E-state index in [1.807, 2.05) is 30.5 Å². The summed E-state index contributed by atoms with van der Waals surface area (Å²) in [5, 5.41) is 0. The summed E-state index contributed by atoms with van der Waals surface area (Å²) in [6.45, 7) is 0. The second kappa shape index (κ2) is 1.62. The zero-order valence-electron chi connectivity index (χ0n) is 4.89. The highest BCUT2D eigenvalue weighted by molar-refractivity contribution is 5.60. The third kappa shape index (κ3) is 0.617. The van der Waals surface area contributed by atoms with Crippen LogP contribution < -0.4 is 0 Å². The van der Waals surface area contributed by atoms with Gasteiger partial charge in [0.15, 0.2) is 0 Å². The minimum atomic E-state index is 1.15. The van der Waals surface area contributed by atoms with Crippen molar-refractivity contribution in [2.45, 2.75) is 0 Å². The zero-order chi connectivity index (χ0) is 6.10. The fourth-order valence-corrected chi connectivity index (χ4v) is 0.935. The molecule has 2 aliphatic rings. The number of aromatic nitrogens is 1. The molecule has 2 rings (SSSR count). The molecule has 0 aromatic rings. The Balaban J connectivity index is 2.79. The topological polar surface area (TPSA) is 15.8 Å². The van der Waals surface area contributed by atoms with Gasteiger partial charge in [0.05, 0.1) is 0 Å². The molecule has 9 heavy (non-hydrogen) atoms. The monoisotopic (exact) mass is 116 g/mol. The molecular formula is C8H6N. The minimum absolute atomic E-state index is 1.15. The largest absolute Gasteiger partial charge is 0.361 e. The molecule has 1 nitrogen and oxygen atoms in total. The third-order valence-electron chi connectivity index (χ3n) is 1.38. The molecule has 0 aromatic carbocycles. The Bertz CT molecular complexity index is 245. The van der Waals surface area contributed by atoms with E-state index < -0.39 is 0 Å². The summed E-state index contributed by atoms with van der Waals surface area (Å²) >= 11 is 0. The number of nitrogens with one attached hydrogen (secondary N) is 1. The Morgan fingerprint density at radius 2 is 2.33 bits per heavy atom. The van der Waals surface area contributed by atoms with E-state index in [1.165, 1.54) is 0 Å². The molecule has 0 fully saturated rings. The Morgan fingerprint density at radius 1 is 1.33 bits per heavy atom. The first-order valence-corrected chi connectivity index (χ1v) is 2.90. The van der Waals surface area contributed by atoms with Crippen LogP contribution in [0.1, 0.15) is 0 Å². The predicted molar refractivity (Wildman–Crippen MR) is 36.3 cm³/mol. The van der Waals surface area contributed by atoms with Crippen molar-refractivity contribution in [1.82, 2.24) is 4.98 Å². The Kier molecular flexibility index (Phi) is 0.833. The van der Waals surface area contributed by atoms with Crippen molar-refractivity contribution in [1.29, 1.82) is 0 Å². The standard InChI is InChI=1S/C8H6N/c1-3-7-4-2-6-9-8(7)5-1/h1-3,5-6,9H. The van der Waals surface area contributed by atoms with Gasteiger partial charge in [0.1, 0.15) is 0 Å². The molecule has 0 saturated heterocycles. The molecule has 1 aliphatic carbocycles. The number of rotatable bonds is 0. The fraction of sp³-hybridized carbons (Fsp3) is 0. The molecule has 1 heterocycles. The summed E-state index contributed by atoms with van der Waals surface area (Å²) in [6.07, 6.45) is 1.88. The van der Waals surface area contributed by atoms with Gasteiger partial charge in [0.25, 0.3) is 0 Å². The van der Waals surface area contributed by atoms with E-state index in [2.05, 4.69) is 11.1 Å². The highest BCUT2D eigenvalue weighted by Crippen LogP contribution is 2.17. The van der Waals surface area contributed by atoms with Crippen molar-refractivity contribution >= 4 is 0 Å². The molecular weight excluding hydrogens is 110 g/mol. The van der Waals surface area contributed by atoms with Gasteiger partial charge in [-0.05, 0) is 18.2 Å². The number of pyridine rings is 1. The second-order valence-corrected chi connectivity index (χ2v) is 1.98. The van der Waals surface area contributed by atoms with E-state index in [9.17, 15) is 0 Å². The van der Waals surface area contributed by atoms with Crippen LogP contribution in [-0.4, -0.2) is 4.98 Å². The lowest BCUT2D eigenvalue weighted by molar-refractivity contribution is 1.34. The van der Waals surface area contributed by atoms with Crippen molar-refractivity contribution in [2.75, 3.05) is 0 Å². The molecule has 1 heteroatoms. The van der Waals surface area contributed by atoms with Gasteiger partial charge < -0.3 is 4.98 Å². The first-order valence-electron chi connectivity index (χ1n) is 2.90. The smallest absolute Gasteiger partial charge is 0.0459 e. The molecule has 0 amide bonds. The fourth-order valence-electron chi connectivity index (χ4n) is 0.935. The molecule has 0 spiro atoms. The van der Waals surface area contributed by atoms with E-state index in [1.54, 1.807) is 0 Å². The summed E-state index contributed by atoms with van der Waals surface area (Å²) in [5.74, 6) is 0. The maximum Gasteiger partial charge on any atom is 0.0459 e. The predicted octanol–water partition coefficient (Wildman–Crippen LogP) is 1.92. The van der Waals surface area contributed by atoms with Crippen molar-refractivity contribution in [3.8, 4) is 11.3 Å². The quantitative estimate of drug-likeness (QED) is 0.541. The van der Waals surface area contributed by atoms with E-state index in [4.69, 9.17) is 0 Å². The number of aromatic amines is 1. The Morgan fingerprint density at radius 3 is 3.22 bits per heavy atom. The number of hydrogen-bond acceptors (Lipinski definition) is 0. The van der Waals surface area contributed by atoms with Crippen LogP contribution in [0.3, 0.4) is 0 Å². The van der Waals surface area contributed by atoms with Crippen molar-refractivity contribution < 1.29 is 0 Å². The average molecular weight is 116 g/mol. The van der Waals surface area contributed by atoms with Crippen LogP contribution in [0.15, 0.2) is 30.5 Å². The highest BCUT2D eigenvalue weighted by atomic mass is 14.7. The molecule has 0 aromatic heterocycles. The maximum absolute atomic E-state index is 3.10. The van der Waals surface area contributed by atoms with Gasteiger partial charge in [0.2, 0.25) is 0 Å². The normalized spacial score (nSPS) is 10.2. The van der Waals surface area contributed by atoms with E-state index in [0.717, 1.165) is 11.3 Å². The second-order valence-electron chi connectivity index (χ2n) is 1.98. The molecule has 43 valence electrons. The minimum Gasteiger partial charge on any atom is -0.361 e. The maximum atomic E-state index is 3.10. The summed E-state index contributed by atoms with van der Waals surface area (Å²) in [7, 11) is 0. The van der Waals surface area contributed by atoms with E-state index in [-0.39, 0.29) is 0 Å². The zero-order valence-corrected chi connectivity index (χ0v) is 4.89. The first-order chi connectivity index (χ1) is 4.47. The molecule has 0 atom stereocenters. The molecule has 0 unspecified atom stereocenters. The lowest BCUT2D eigenvalue weighted by atomic mass is 10.2. The summed E-state index contributed by atoms with van der Waals surface area (Å²) in [5.41, 5.74) is 2.30. The van der Waals surface area contributed by atoms with Crippen LogP contribution in [0.2, 0.25) is 0 Å². The van der Waals surface area contributed by atoms with Gasteiger partial charge in [0, 0.05) is 17.5 Å². The molecule has 1 radical (unpaired) electrons. The van der Waals surface area contributed by atoms with E-state index in [0.29, 0.717) is 0 Å². The number of hydrogen-bond donors (Lipinski definition) is 1. The molecule has 0 bridgehead atoms. The van der Waals surface area contributed by atoms with Crippen LogP contribution in [-0.2, 0) is 0 Å². The Labute approximate surface area is 53.7 Å². The van der Waals surface area contributed by atoms with Gasteiger partial charge in [-0.25, -0.2) is 0 Å². The van der Waals surface area contributed by atoms with Gasteiger partial charge >= 0.3 is 0 Å². The highest BCUT2D eigenvalue weighted by Gasteiger charge is 1.96. The van der Waals surface area contributed by atoms with Gasteiger partial charge in [-0.2, -0.15) is 0 Å². The Hall–Kier alpha value is -1.24. The molecule has 0 saturated carbocycles. The number of H-pyrrole nitrogens is 1. The van der Waals surface area contributed by atoms with Gasteiger partial charge in [-0.15, -0.1) is 0 Å². The van der Waals surface area contributed by atoms with Gasteiger partial charge in [-0.3, -0.25) is 0 Å². The van der Waals surface area contributed by atoms with Crippen molar-refractivity contribution in [3.05, 3.63) is 36.5 Å². The molecule has 1 N–H and O–H groups in total. The summed E-state index contributed by atoms with van der Waals surface area (Å²) in [6, 6.07) is 11.1. The summed E-state index contributed by atoms with van der Waals surface area (Å²) < 4.78 is 0. The first kappa shape index (κ1) is 4.62. The lowest BCUT2D eigenvalue weighted by Crippen LogP contribution is -1.75. The van der Waals surface area contributed by atoms with Gasteiger partial charge in [-0.1, -0.05) is 12.1 Å². The number of fused-ring (bicyclic) bond motifs is 1.